The number of hydrogen-bond donors (Lipinski definition) is 1. The number of benzene rings is 2. The second kappa shape index (κ2) is 6.14. The van der Waals surface area contributed by atoms with Gasteiger partial charge in [-0.1, -0.05) is 35.9 Å². The molecule has 19 heavy (non-hydrogen) atoms. The van der Waals surface area contributed by atoms with Crippen molar-refractivity contribution in [1.82, 2.24) is 0 Å². The van der Waals surface area contributed by atoms with Gasteiger partial charge in [0.1, 0.15) is 5.75 Å². The van der Waals surface area contributed by atoms with Crippen molar-refractivity contribution in [2.24, 2.45) is 0 Å². The fraction of sp³-hybridized carbons (Fsp3) is 0.200. The first kappa shape index (κ1) is 14.0. The van der Waals surface area contributed by atoms with E-state index in [0.29, 0.717) is 5.75 Å². The molecule has 0 fully saturated rings. The Hall–Kier alpha value is -1.44. The Labute approximate surface area is 113 Å². The minimum absolute atomic E-state index is 0.348. The SMILES string of the molecule is Cc1ccc(Cc2ccc(OP(O)F)cc2)c(C)c1. The van der Waals surface area contributed by atoms with E-state index in [9.17, 15) is 4.20 Å². The lowest BCUT2D eigenvalue weighted by Gasteiger charge is -2.08. The summed E-state index contributed by atoms with van der Waals surface area (Å²) in [5.41, 5.74) is 4.92. The fourth-order valence-electron chi connectivity index (χ4n) is 2.02. The Morgan fingerprint density at radius 2 is 1.79 bits per heavy atom. The van der Waals surface area contributed by atoms with Crippen LogP contribution in [0.25, 0.3) is 0 Å². The van der Waals surface area contributed by atoms with Crippen LogP contribution in [-0.2, 0) is 6.42 Å². The van der Waals surface area contributed by atoms with Crippen molar-refractivity contribution >= 4 is 8.69 Å². The number of hydrogen-bond acceptors (Lipinski definition) is 2. The van der Waals surface area contributed by atoms with Crippen molar-refractivity contribution in [2.75, 3.05) is 0 Å². The van der Waals surface area contributed by atoms with E-state index in [-0.39, 0.29) is 0 Å². The molecular weight excluding hydrogens is 262 g/mol. The van der Waals surface area contributed by atoms with Gasteiger partial charge in [-0.15, -0.1) is 4.20 Å². The lowest BCUT2D eigenvalue weighted by molar-refractivity contribution is 0.434. The molecule has 2 aromatic carbocycles. The predicted octanol–water partition coefficient (Wildman–Crippen LogP) is 4.46. The third kappa shape index (κ3) is 4.02. The minimum Gasteiger partial charge on any atom is -0.424 e. The van der Waals surface area contributed by atoms with Crippen LogP contribution in [0.4, 0.5) is 4.20 Å². The topological polar surface area (TPSA) is 29.5 Å². The van der Waals surface area contributed by atoms with Gasteiger partial charge in [0.05, 0.1) is 0 Å². The number of halogens is 1. The Bertz CT molecular complexity index is 553. The van der Waals surface area contributed by atoms with Crippen LogP contribution in [0.5, 0.6) is 5.75 Å². The van der Waals surface area contributed by atoms with E-state index in [0.717, 1.165) is 12.0 Å². The molecule has 1 N–H and O–H groups in total. The molecule has 4 heteroatoms. The van der Waals surface area contributed by atoms with Gasteiger partial charge in [-0.25, -0.2) is 0 Å². The Morgan fingerprint density at radius 3 is 2.37 bits per heavy atom. The van der Waals surface area contributed by atoms with Crippen molar-refractivity contribution in [3.8, 4) is 5.75 Å². The molecule has 0 saturated heterocycles. The summed E-state index contributed by atoms with van der Waals surface area (Å²) in [7, 11) is -2.84. The van der Waals surface area contributed by atoms with Gasteiger partial charge in [0.2, 0.25) is 0 Å². The maximum absolute atomic E-state index is 12.3. The van der Waals surface area contributed by atoms with Crippen LogP contribution in [0.15, 0.2) is 42.5 Å². The molecule has 0 aliphatic rings. The minimum atomic E-state index is -2.84. The van der Waals surface area contributed by atoms with Crippen LogP contribution in [0.2, 0.25) is 0 Å². The highest BCUT2D eigenvalue weighted by molar-refractivity contribution is 7.40. The van der Waals surface area contributed by atoms with Gasteiger partial charge in [-0.3, -0.25) is 0 Å². The Kier molecular flexibility index (Phi) is 4.52. The van der Waals surface area contributed by atoms with E-state index in [1.165, 1.54) is 16.7 Å². The van der Waals surface area contributed by atoms with Crippen LogP contribution in [0, 0.1) is 13.8 Å². The van der Waals surface area contributed by atoms with Gasteiger partial charge in [-0.2, -0.15) is 0 Å². The highest BCUT2D eigenvalue weighted by atomic mass is 31.2. The molecule has 2 aromatic rings. The molecule has 0 bridgehead atoms. The smallest absolute Gasteiger partial charge is 0.424 e. The van der Waals surface area contributed by atoms with E-state index in [1.54, 1.807) is 12.1 Å². The molecule has 2 rings (SSSR count). The predicted molar refractivity (Wildman–Crippen MR) is 76.0 cm³/mol. The van der Waals surface area contributed by atoms with Crippen molar-refractivity contribution in [2.45, 2.75) is 20.3 Å². The summed E-state index contributed by atoms with van der Waals surface area (Å²) in [4.78, 5) is 8.55. The molecule has 0 aromatic heterocycles. The zero-order chi connectivity index (χ0) is 13.8. The maximum Gasteiger partial charge on any atom is 0.436 e. The molecule has 0 aliphatic heterocycles. The molecule has 1 atom stereocenters. The average molecular weight is 278 g/mol. The lowest BCUT2D eigenvalue weighted by atomic mass is 9.99. The monoisotopic (exact) mass is 278 g/mol. The van der Waals surface area contributed by atoms with E-state index in [1.807, 2.05) is 12.1 Å². The summed E-state index contributed by atoms with van der Waals surface area (Å²) in [6.07, 6.45) is 0.829. The third-order valence-corrected chi connectivity index (χ3v) is 3.36. The van der Waals surface area contributed by atoms with Crippen molar-refractivity contribution < 1.29 is 13.6 Å². The first-order chi connectivity index (χ1) is 9.04. The lowest BCUT2D eigenvalue weighted by Crippen LogP contribution is -1.92. The number of aryl methyl sites for hydroxylation is 2. The van der Waals surface area contributed by atoms with Crippen molar-refractivity contribution in [3.05, 3.63) is 64.7 Å². The highest BCUT2D eigenvalue weighted by Crippen LogP contribution is 2.34. The van der Waals surface area contributed by atoms with Gasteiger partial charge < -0.3 is 9.42 Å². The Balaban J connectivity index is 2.10. The second-order valence-electron chi connectivity index (χ2n) is 4.57. The molecule has 0 radical (unpaired) electrons. The molecule has 0 heterocycles. The molecule has 0 aliphatic carbocycles. The third-order valence-electron chi connectivity index (χ3n) is 3.00. The fourth-order valence-corrected chi connectivity index (χ4v) is 2.31. The summed E-state index contributed by atoms with van der Waals surface area (Å²) in [5.74, 6) is 0.348. The Morgan fingerprint density at radius 1 is 1.11 bits per heavy atom. The molecule has 100 valence electrons. The van der Waals surface area contributed by atoms with Gasteiger partial charge in [0, 0.05) is 0 Å². The van der Waals surface area contributed by atoms with Gasteiger partial charge in [0.15, 0.2) is 0 Å². The van der Waals surface area contributed by atoms with Crippen LogP contribution in [-0.4, -0.2) is 4.89 Å². The van der Waals surface area contributed by atoms with Crippen LogP contribution >= 0.6 is 8.69 Å². The zero-order valence-electron chi connectivity index (χ0n) is 10.9. The van der Waals surface area contributed by atoms with Gasteiger partial charge in [0.25, 0.3) is 0 Å². The van der Waals surface area contributed by atoms with Crippen LogP contribution < -0.4 is 4.52 Å². The van der Waals surface area contributed by atoms with E-state index in [4.69, 9.17) is 4.89 Å². The first-order valence-corrected chi connectivity index (χ1v) is 7.13. The molecule has 0 saturated carbocycles. The van der Waals surface area contributed by atoms with Gasteiger partial charge >= 0.3 is 8.69 Å². The van der Waals surface area contributed by atoms with Crippen molar-refractivity contribution in [1.29, 1.82) is 0 Å². The summed E-state index contributed by atoms with van der Waals surface area (Å²) < 4.78 is 16.9. The summed E-state index contributed by atoms with van der Waals surface area (Å²) >= 11 is 0. The summed E-state index contributed by atoms with van der Waals surface area (Å²) in [6.45, 7) is 4.18. The summed E-state index contributed by atoms with van der Waals surface area (Å²) in [5, 5.41) is 0. The molecular formula is C15H16FO2P. The highest BCUT2D eigenvalue weighted by Gasteiger charge is 2.05. The standard InChI is InChI=1S/C15H16FO2P/c1-11-3-6-14(12(2)9-11)10-13-4-7-15(8-5-13)18-19(16)17/h3-9,17H,10H2,1-2H3. The summed E-state index contributed by atoms with van der Waals surface area (Å²) in [6, 6.07) is 13.5. The zero-order valence-corrected chi connectivity index (χ0v) is 11.8. The van der Waals surface area contributed by atoms with Crippen LogP contribution in [0.1, 0.15) is 22.3 Å². The average Bonchev–Trinajstić information content (AvgIpc) is 2.34. The van der Waals surface area contributed by atoms with E-state index >= 15 is 0 Å². The largest absolute Gasteiger partial charge is 0.436 e. The van der Waals surface area contributed by atoms with Crippen molar-refractivity contribution in [3.63, 3.8) is 0 Å². The normalized spacial score (nSPS) is 12.2. The van der Waals surface area contributed by atoms with E-state index in [2.05, 4.69) is 36.6 Å². The molecule has 2 nitrogen and oxygen atoms in total. The van der Waals surface area contributed by atoms with Gasteiger partial charge in [-0.05, 0) is 49.1 Å². The molecule has 0 spiro atoms. The maximum atomic E-state index is 12.3. The second-order valence-corrected chi connectivity index (χ2v) is 5.20. The molecule has 1 unspecified atom stereocenters. The number of rotatable bonds is 4. The quantitative estimate of drug-likeness (QED) is 0.836. The van der Waals surface area contributed by atoms with Crippen LogP contribution in [0.3, 0.4) is 0 Å². The first-order valence-electron chi connectivity index (χ1n) is 6.02. The van der Waals surface area contributed by atoms with E-state index < -0.39 is 8.69 Å². The molecule has 0 amide bonds.